The molecular formula is C33H31F3N6O8. The Labute approximate surface area is 282 Å². The number of hydroxylamine groups is 2. The average molecular weight is 697 g/mol. The lowest BCUT2D eigenvalue weighted by atomic mass is 9.89. The number of hydrogen-bond donors (Lipinski definition) is 3. The predicted molar refractivity (Wildman–Crippen MR) is 167 cm³/mol. The first kappa shape index (κ1) is 36.9. The Kier molecular flexibility index (Phi) is 10.8. The minimum Gasteiger partial charge on any atom is -0.481 e. The van der Waals surface area contributed by atoms with E-state index in [1.165, 1.54) is 55.5 Å². The molecule has 0 unspecified atom stereocenters. The second kappa shape index (κ2) is 14.7. The number of para-hydroxylation sites is 1. The molecule has 0 aromatic heterocycles. The number of nitrogens with one attached hydrogen (secondary N) is 1. The fourth-order valence-corrected chi connectivity index (χ4v) is 5.33. The number of urea groups is 1. The number of Topliss-reactive ketones (excluding diaryl/α,β-unsaturated/α-hetero) is 1. The quantitative estimate of drug-likeness (QED) is 0.133. The average Bonchev–Trinajstić information content (AvgIpc) is 3.23. The van der Waals surface area contributed by atoms with Crippen LogP contribution in [0.5, 0.6) is 0 Å². The topological polar surface area (TPSA) is 204 Å². The van der Waals surface area contributed by atoms with Crippen LogP contribution in [0.15, 0.2) is 84.0 Å². The summed E-state index contributed by atoms with van der Waals surface area (Å²) in [6.45, 7) is 1.83. The molecule has 3 aromatic rings. The highest BCUT2D eigenvalue weighted by Crippen LogP contribution is 2.39. The maximum atomic E-state index is 14.1. The Morgan fingerprint density at radius 1 is 0.980 bits per heavy atom. The van der Waals surface area contributed by atoms with Crippen molar-refractivity contribution in [3.05, 3.63) is 101 Å². The van der Waals surface area contributed by atoms with Gasteiger partial charge >= 0.3 is 24.1 Å². The maximum absolute atomic E-state index is 14.1. The summed E-state index contributed by atoms with van der Waals surface area (Å²) in [4.78, 5) is 86.4. The number of ketones is 1. The number of benzene rings is 3. The molecule has 3 atom stereocenters. The van der Waals surface area contributed by atoms with Crippen molar-refractivity contribution in [3.8, 4) is 0 Å². The SMILES string of the molecule is CC(=O)[C@@H](C(=O)ON1C(=O)N(Cc2ccc(C(F)(F)F)cc2)[C@](C)(c2ccc(CN=N)cc2)C1=O)N(C(=O)[C@@H](N)CC(=O)O)c1ccccc1. The number of halogens is 3. The molecule has 14 nitrogen and oxygen atoms in total. The van der Waals surface area contributed by atoms with E-state index in [9.17, 15) is 47.0 Å². The van der Waals surface area contributed by atoms with Gasteiger partial charge in [-0.05, 0) is 54.8 Å². The fraction of sp³-hybridized carbons (Fsp3) is 0.273. The van der Waals surface area contributed by atoms with Crippen LogP contribution in [0.3, 0.4) is 0 Å². The molecule has 0 spiro atoms. The number of anilines is 1. The van der Waals surface area contributed by atoms with Gasteiger partial charge in [0, 0.05) is 12.2 Å². The molecule has 3 aromatic carbocycles. The van der Waals surface area contributed by atoms with Crippen LogP contribution in [0.2, 0.25) is 0 Å². The molecule has 4 amide bonds. The summed E-state index contributed by atoms with van der Waals surface area (Å²) in [5.74, 6) is -6.27. The number of alkyl halides is 3. The lowest BCUT2D eigenvalue weighted by Crippen LogP contribution is -2.56. The number of amides is 4. The first-order valence-electron chi connectivity index (χ1n) is 14.8. The Morgan fingerprint density at radius 2 is 1.56 bits per heavy atom. The van der Waals surface area contributed by atoms with Crippen molar-refractivity contribution in [1.82, 2.24) is 9.96 Å². The number of imide groups is 1. The number of carbonyl (C=O) groups is 6. The highest BCUT2D eigenvalue weighted by molar-refractivity contribution is 6.15. The summed E-state index contributed by atoms with van der Waals surface area (Å²) in [6.07, 6.45) is -5.50. The van der Waals surface area contributed by atoms with Gasteiger partial charge in [0.2, 0.25) is 5.91 Å². The molecule has 1 aliphatic heterocycles. The van der Waals surface area contributed by atoms with E-state index in [0.29, 0.717) is 10.5 Å². The van der Waals surface area contributed by atoms with Gasteiger partial charge in [-0.2, -0.15) is 18.3 Å². The van der Waals surface area contributed by atoms with Crippen molar-refractivity contribution in [2.45, 2.75) is 57.2 Å². The molecule has 1 fully saturated rings. The van der Waals surface area contributed by atoms with Crippen molar-refractivity contribution in [2.75, 3.05) is 4.90 Å². The van der Waals surface area contributed by atoms with Crippen LogP contribution in [0.4, 0.5) is 23.7 Å². The zero-order valence-corrected chi connectivity index (χ0v) is 26.6. The summed E-state index contributed by atoms with van der Waals surface area (Å²) in [5, 5.41) is 12.6. The molecule has 0 aliphatic carbocycles. The molecule has 1 saturated heterocycles. The van der Waals surface area contributed by atoms with Gasteiger partial charge in [0.05, 0.1) is 24.6 Å². The van der Waals surface area contributed by atoms with Gasteiger partial charge in [0.1, 0.15) is 5.54 Å². The number of nitrogens with two attached hydrogens (primary N) is 1. The molecule has 17 heteroatoms. The van der Waals surface area contributed by atoms with Crippen LogP contribution in [0.25, 0.3) is 0 Å². The lowest BCUT2D eigenvalue weighted by Gasteiger charge is -2.32. The van der Waals surface area contributed by atoms with Crippen LogP contribution >= 0.6 is 0 Å². The second-order valence-electron chi connectivity index (χ2n) is 11.4. The third-order valence-corrected chi connectivity index (χ3v) is 7.98. The molecule has 4 N–H and O–H groups in total. The molecule has 0 radical (unpaired) electrons. The van der Waals surface area contributed by atoms with Gasteiger partial charge in [-0.25, -0.2) is 15.1 Å². The van der Waals surface area contributed by atoms with Gasteiger partial charge < -0.3 is 15.7 Å². The summed E-state index contributed by atoms with van der Waals surface area (Å²) >= 11 is 0. The third-order valence-electron chi connectivity index (χ3n) is 7.98. The van der Waals surface area contributed by atoms with Gasteiger partial charge in [-0.1, -0.05) is 59.7 Å². The highest BCUT2D eigenvalue weighted by atomic mass is 19.4. The molecule has 1 heterocycles. The largest absolute Gasteiger partial charge is 0.481 e. The van der Waals surface area contributed by atoms with Crippen molar-refractivity contribution in [1.29, 1.82) is 5.53 Å². The number of carboxylic acids is 1. The number of carboxylic acid groups (broad SMARTS) is 1. The number of aliphatic carboxylic acids is 1. The van der Waals surface area contributed by atoms with E-state index in [4.69, 9.17) is 16.1 Å². The van der Waals surface area contributed by atoms with E-state index in [1.54, 1.807) is 6.07 Å². The van der Waals surface area contributed by atoms with E-state index in [-0.39, 0.29) is 28.4 Å². The minimum absolute atomic E-state index is 0.0159. The third kappa shape index (κ3) is 7.52. The number of nitrogens with zero attached hydrogens (tertiary/aromatic N) is 4. The van der Waals surface area contributed by atoms with Crippen LogP contribution in [0.1, 0.15) is 42.5 Å². The first-order valence-corrected chi connectivity index (χ1v) is 14.8. The number of carbonyl (C=O) groups excluding carboxylic acids is 5. The Balaban J connectivity index is 1.75. The van der Waals surface area contributed by atoms with Crippen molar-refractivity contribution in [3.63, 3.8) is 0 Å². The molecule has 4 rings (SSSR count). The number of rotatable bonds is 13. The summed E-state index contributed by atoms with van der Waals surface area (Å²) in [5.41, 5.74) is 10.9. The van der Waals surface area contributed by atoms with Crippen molar-refractivity contribution >= 4 is 41.3 Å². The van der Waals surface area contributed by atoms with Crippen molar-refractivity contribution < 1.29 is 51.9 Å². The highest BCUT2D eigenvalue weighted by Gasteiger charge is 2.58. The van der Waals surface area contributed by atoms with E-state index in [0.717, 1.165) is 36.1 Å². The second-order valence-corrected chi connectivity index (χ2v) is 11.4. The summed E-state index contributed by atoms with van der Waals surface area (Å²) in [7, 11) is 0. The van der Waals surface area contributed by atoms with E-state index in [2.05, 4.69) is 5.11 Å². The molecule has 262 valence electrons. The summed E-state index contributed by atoms with van der Waals surface area (Å²) < 4.78 is 39.6. The Bertz CT molecular complexity index is 1800. The maximum Gasteiger partial charge on any atom is 0.416 e. The van der Waals surface area contributed by atoms with Gasteiger partial charge in [0.25, 0.3) is 5.91 Å². The number of hydrogen-bond acceptors (Lipinski definition) is 10. The summed E-state index contributed by atoms with van der Waals surface area (Å²) in [6, 6.07) is 11.9. The predicted octanol–water partition coefficient (Wildman–Crippen LogP) is 4.17. The molecular weight excluding hydrogens is 665 g/mol. The standard InChI is InChI=1S/C33H31F3N6O8/c1-19(43)27(41(24-6-4-3-5-7-24)28(46)25(37)16-26(44)45)29(47)50-42-30(48)32(2,22-12-8-20(9-13-22)17-39-38)40(31(42)49)18-21-10-14-23(15-11-21)33(34,35)36/h3-15,25,27,38H,16-18,37H2,1-2H3,(H,44,45)/t25-,27-,32+/m0/s1. The minimum atomic E-state index is -4.63. The van der Waals surface area contributed by atoms with Gasteiger partial charge in [-0.15, -0.1) is 0 Å². The van der Waals surface area contributed by atoms with Crippen LogP contribution in [-0.4, -0.2) is 62.7 Å². The lowest BCUT2D eigenvalue weighted by molar-refractivity contribution is -0.186. The van der Waals surface area contributed by atoms with Crippen LogP contribution < -0.4 is 10.6 Å². The first-order chi connectivity index (χ1) is 23.5. The van der Waals surface area contributed by atoms with E-state index >= 15 is 0 Å². The molecule has 50 heavy (non-hydrogen) atoms. The van der Waals surface area contributed by atoms with Gasteiger partial charge in [0.15, 0.2) is 11.8 Å². The monoisotopic (exact) mass is 696 g/mol. The normalized spacial score (nSPS) is 17.2. The van der Waals surface area contributed by atoms with E-state index in [1.807, 2.05) is 0 Å². The molecule has 0 bridgehead atoms. The Hall–Kier alpha value is -5.97. The zero-order chi connectivity index (χ0) is 37.0. The van der Waals surface area contributed by atoms with Crippen LogP contribution in [0, 0.1) is 5.53 Å². The molecule has 1 aliphatic rings. The smallest absolute Gasteiger partial charge is 0.416 e. The van der Waals surface area contributed by atoms with Crippen molar-refractivity contribution in [2.24, 2.45) is 10.8 Å². The fourth-order valence-electron chi connectivity index (χ4n) is 5.33. The zero-order valence-electron chi connectivity index (χ0n) is 26.6. The van der Waals surface area contributed by atoms with Gasteiger partial charge in [-0.3, -0.25) is 29.0 Å². The Morgan fingerprint density at radius 3 is 2.08 bits per heavy atom. The molecule has 0 saturated carbocycles. The van der Waals surface area contributed by atoms with Crippen LogP contribution in [-0.2, 0) is 53.6 Å². The van der Waals surface area contributed by atoms with E-state index < -0.39 is 77.9 Å².